The van der Waals surface area contributed by atoms with Crippen molar-refractivity contribution in [3.05, 3.63) is 0 Å². The summed E-state index contributed by atoms with van der Waals surface area (Å²) in [5.74, 6) is -2.47. The van der Waals surface area contributed by atoms with Crippen LogP contribution in [0.4, 0.5) is 0 Å². The molecule has 1 saturated heterocycles. The number of carbonyl (C=O) groups excluding carboxylic acids is 4. The van der Waals surface area contributed by atoms with Gasteiger partial charge in [-0.2, -0.15) is 0 Å². The molecule has 44 heavy (non-hydrogen) atoms. The Morgan fingerprint density at radius 1 is 0.909 bits per heavy atom. The molecule has 2 aliphatic rings. The van der Waals surface area contributed by atoms with Crippen LogP contribution in [-0.2, 0) is 85.0 Å². The summed E-state index contributed by atoms with van der Waals surface area (Å²) in [6, 6.07) is -1.19. The van der Waals surface area contributed by atoms with Crippen molar-refractivity contribution in [1.82, 2.24) is 16.0 Å². The van der Waals surface area contributed by atoms with Gasteiger partial charge in [-0.25, -0.2) is 0 Å². The van der Waals surface area contributed by atoms with E-state index in [0.717, 1.165) is 0 Å². The first kappa shape index (κ1) is 40.5. The van der Waals surface area contributed by atoms with E-state index in [1.807, 2.05) is 0 Å². The Morgan fingerprint density at radius 2 is 1.57 bits per heavy atom. The van der Waals surface area contributed by atoms with E-state index in [1.165, 1.54) is 27.7 Å². The zero-order valence-corrected chi connectivity index (χ0v) is 29.7. The fourth-order valence-electron chi connectivity index (χ4n) is 5.21. The smallest absolute Gasteiger partial charge is 0.303 e. The van der Waals surface area contributed by atoms with Crippen LogP contribution in [0.15, 0.2) is 0 Å². The van der Waals surface area contributed by atoms with E-state index in [1.54, 1.807) is 14.2 Å². The van der Waals surface area contributed by atoms with Crippen LogP contribution in [-0.4, -0.2) is 124 Å². The number of esters is 3. The summed E-state index contributed by atoms with van der Waals surface area (Å²) in [6.45, 7) is 5.65. The monoisotopic (exact) mass is 724 g/mol. The third-order valence-electron chi connectivity index (χ3n) is 6.95. The number of aliphatic hydroxyl groups is 1. The summed E-state index contributed by atoms with van der Waals surface area (Å²) >= 11 is 5.42. The second kappa shape index (κ2) is 20.6. The van der Waals surface area contributed by atoms with E-state index in [4.69, 9.17) is 45.4 Å². The van der Waals surface area contributed by atoms with Gasteiger partial charge in [-0.15, -0.1) is 0 Å². The van der Waals surface area contributed by atoms with E-state index >= 15 is 0 Å². The summed E-state index contributed by atoms with van der Waals surface area (Å²) < 4.78 is 38.5. The third kappa shape index (κ3) is 13.1. The molecule has 0 aromatic carbocycles. The first-order chi connectivity index (χ1) is 20.4. The van der Waals surface area contributed by atoms with Crippen molar-refractivity contribution in [2.75, 3.05) is 40.6 Å². The topological polar surface area (TPSA) is 189 Å². The molecule has 0 spiro atoms. The molecule has 1 aliphatic heterocycles. The Labute approximate surface area is 288 Å². The summed E-state index contributed by atoms with van der Waals surface area (Å²) in [7, 11) is 3.13. The molecule has 15 nitrogen and oxygen atoms in total. The van der Waals surface area contributed by atoms with Gasteiger partial charge in [-0.1, -0.05) is 0 Å². The number of carbonyl (C=O) groups is 4. The van der Waals surface area contributed by atoms with Crippen molar-refractivity contribution >= 4 is 41.1 Å². The number of aliphatic hydroxyl groups excluding tert-OH is 1. The molecule has 1 aliphatic carbocycles. The number of thiocarbonyl (C=S) groups is 1. The SMILES string of the molecule is COC[C@H]1C[C@H](NC(=S)NCCCCO[C@@H]2O[C@H](COC(C)=O)[C@H](OC(C)=O)[C@H](OC(C)=O)[C@H]2NC(C)=O)[C@@H](OC)C1O.[Y]. The average molecular weight is 725 g/mol. The predicted octanol–water partition coefficient (Wildman–Crippen LogP) is -0.688. The number of ether oxygens (including phenoxy) is 7. The summed E-state index contributed by atoms with van der Waals surface area (Å²) in [5.41, 5.74) is 0. The Kier molecular flexibility index (Phi) is 18.9. The van der Waals surface area contributed by atoms with Gasteiger partial charge in [-0.05, 0) is 31.5 Å². The van der Waals surface area contributed by atoms with Crippen LogP contribution in [0.3, 0.4) is 0 Å². The number of hydrogen-bond acceptors (Lipinski definition) is 13. The van der Waals surface area contributed by atoms with Gasteiger partial charge < -0.3 is 54.2 Å². The molecule has 17 heteroatoms. The van der Waals surface area contributed by atoms with Crippen LogP contribution in [0.2, 0.25) is 0 Å². The van der Waals surface area contributed by atoms with Crippen LogP contribution in [0.5, 0.6) is 0 Å². The molecule has 2 rings (SSSR count). The molecule has 0 aromatic rings. The van der Waals surface area contributed by atoms with E-state index in [0.29, 0.717) is 37.5 Å². The molecule has 1 saturated carbocycles. The Bertz CT molecular complexity index is 963. The normalized spacial score (nSPS) is 29.5. The molecule has 2 fully saturated rings. The number of rotatable bonds is 15. The zero-order chi connectivity index (χ0) is 32.1. The van der Waals surface area contributed by atoms with Crippen LogP contribution >= 0.6 is 12.2 Å². The second-order valence-corrected chi connectivity index (χ2v) is 10.9. The molecule has 0 bridgehead atoms. The van der Waals surface area contributed by atoms with Crippen LogP contribution in [0, 0.1) is 5.92 Å². The Morgan fingerprint density at radius 3 is 2.14 bits per heavy atom. The second-order valence-electron chi connectivity index (χ2n) is 10.4. The van der Waals surface area contributed by atoms with Crippen molar-refractivity contribution < 1.29 is 90.2 Å². The molecule has 249 valence electrons. The van der Waals surface area contributed by atoms with Crippen molar-refractivity contribution in [3.63, 3.8) is 0 Å². The van der Waals surface area contributed by atoms with E-state index in [-0.39, 0.29) is 57.9 Å². The van der Waals surface area contributed by atoms with E-state index in [9.17, 15) is 24.3 Å². The first-order valence-corrected chi connectivity index (χ1v) is 14.5. The van der Waals surface area contributed by atoms with Crippen molar-refractivity contribution in [1.29, 1.82) is 0 Å². The van der Waals surface area contributed by atoms with Gasteiger partial charge in [0, 0.05) is 93.7 Å². The van der Waals surface area contributed by atoms with Crippen molar-refractivity contribution in [2.24, 2.45) is 5.92 Å². The van der Waals surface area contributed by atoms with Gasteiger partial charge in [0.2, 0.25) is 5.91 Å². The Balaban J connectivity index is 0.00000968. The number of amides is 1. The van der Waals surface area contributed by atoms with Crippen LogP contribution in [0.1, 0.15) is 47.0 Å². The minimum atomic E-state index is -1.18. The van der Waals surface area contributed by atoms with E-state index in [2.05, 4.69) is 16.0 Å². The third-order valence-corrected chi connectivity index (χ3v) is 7.21. The minimum absolute atomic E-state index is 0. The van der Waals surface area contributed by atoms with Crippen molar-refractivity contribution in [2.45, 2.75) is 95.9 Å². The largest absolute Gasteiger partial charge is 0.463 e. The maximum atomic E-state index is 12.0. The first-order valence-electron chi connectivity index (χ1n) is 14.1. The average Bonchev–Trinajstić information content (AvgIpc) is 3.20. The molecular formula is C27H45N3O12SY. The summed E-state index contributed by atoms with van der Waals surface area (Å²) in [5, 5.41) is 19.9. The maximum Gasteiger partial charge on any atom is 0.303 e. The van der Waals surface area contributed by atoms with E-state index < -0.39 is 66.7 Å². The van der Waals surface area contributed by atoms with Gasteiger partial charge in [0.15, 0.2) is 23.6 Å². The standard InChI is InChI=1S/C27H45N3O12S.Y/c1-14(31)29-21-25(41-17(4)34)24(40-16(3)33)20(13-39-15(2)32)42-26(21)38-10-8-7-9-28-27(43)30-19-11-18(12-36-5)22(35)23(19)37-6;/h18-26,35H,7-13H2,1-6H3,(H,29,31)(H2,28,30,43);/t18-,19+,20-,21-,22?,23-,24+,25-,26-;/m1./s1. The number of unbranched alkanes of at least 4 members (excludes halogenated alkanes) is 1. The summed E-state index contributed by atoms with van der Waals surface area (Å²) in [6.07, 6.45) is -3.74. The quantitative estimate of drug-likeness (QED) is 0.0719. The molecule has 1 amide bonds. The molecule has 1 unspecified atom stereocenters. The molecule has 4 N–H and O–H groups in total. The number of nitrogens with one attached hydrogen (secondary N) is 3. The predicted molar refractivity (Wildman–Crippen MR) is 154 cm³/mol. The molecular weight excluding hydrogens is 679 g/mol. The molecule has 9 atom stereocenters. The van der Waals surface area contributed by atoms with Gasteiger partial charge in [0.1, 0.15) is 24.9 Å². The van der Waals surface area contributed by atoms with Crippen LogP contribution in [0.25, 0.3) is 0 Å². The number of methoxy groups -OCH3 is 2. The fraction of sp³-hybridized carbons (Fsp3) is 0.815. The van der Waals surface area contributed by atoms with Gasteiger partial charge >= 0.3 is 17.9 Å². The van der Waals surface area contributed by atoms with Crippen LogP contribution < -0.4 is 16.0 Å². The molecule has 1 heterocycles. The minimum Gasteiger partial charge on any atom is -0.463 e. The van der Waals surface area contributed by atoms with Crippen molar-refractivity contribution in [3.8, 4) is 0 Å². The van der Waals surface area contributed by atoms with Gasteiger partial charge in [0.25, 0.3) is 0 Å². The molecule has 0 aromatic heterocycles. The maximum absolute atomic E-state index is 12.0. The number of hydrogen-bond donors (Lipinski definition) is 4. The van der Waals surface area contributed by atoms with Gasteiger partial charge in [-0.3, -0.25) is 19.2 Å². The fourth-order valence-corrected chi connectivity index (χ4v) is 5.47. The zero-order valence-electron chi connectivity index (χ0n) is 26.1. The summed E-state index contributed by atoms with van der Waals surface area (Å²) in [4.78, 5) is 47.3. The Hall–Kier alpha value is -1.53. The molecule has 1 radical (unpaired) electrons. The van der Waals surface area contributed by atoms with Gasteiger partial charge in [0.05, 0.1) is 18.8 Å².